The molecule has 1 N–H and O–H groups in total. The smallest absolute Gasteiger partial charge is 0.201 e. The third-order valence-electron chi connectivity index (χ3n) is 2.92. The fourth-order valence-corrected chi connectivity index (χ4v) is 1.94. The number of nitrogens with zero attached hydrogens (tertiary/aromatic N) is 1. The number of rotatable bonds is 3. The van der Waals surface area contributed by atoms with Gasteiger partial charge in [-0.3, -0.25) is 9.78 Å². The van der Waals surface area contributed by atoms with Crippen LogP contribution in [0.3, 0.4) is 0 Å². The summed E-state index contributed by atoms with van der Waals surface area (Å²) in [6.45, 7) is 0. The maximum Gasteiger partial charge on any atom is 0.201 e. The molecule has 0 aliphatic heterocycles. The van der Waals surface area contributed by atoms with Crippen LogP contribution >= 0.6 is 0 Å². The van der Waals surface area contributed by atoms with E-state index in [9.17, 15) is 4.79 Å². The minimum absolute atomic E-state index is 0.0312. The zero-order valence-electron chi connectivity index (χ0n) is 10.2. The van der Waals surface area contributed by atoms with Crippen molar-refractivity contribution in [3.63, 3.8) is 0 Å². The van der Waals surface area contributed by atoms with E-state index in [1.165, 1.54) is 0 Å². The van der Waals surface area contributed by atoms with Crippen LogP contribution in [0.2, 0.25) is 0 Å². The summed E-state index contributed by atoms with van der Waals surface area (Å²) in [6, 6.07) is 13.4. The molecule has 0 radical (unpaired) electrons. The van der Waals surface area contributed by atoms with Gasteiger partial charge in [-0.05, 0) is 42.0 Å². The first-order valence-corrected chi connectivity index (χ1v) is 6.03. The first-order valence-electron chi connectivity index (χ1n) is 6.03. The quantitative estimate of drug-likeness (QED) is 0.570. The standard InChI is InChI=1S/C16H12N2O/c19-16(15-4-2-10-18-15)8-6-12-5-7-14-13(11-12)3-1-9-17-14/h1-11,18H/b8-6-. The summed E-state index contributed by atoms with van der Waals surface area (Å²) in [7, 11) is 0. The number of nitrogens with one attached hydrogen (secondary N) is 1. The number of hydrogen-bond donors (Lipinski definition) is 1. The highest BCUT2D eigenvalue weighted by molar-refractivity contribution is 6.05. The predicted molar refractivity (Wildman–Crippen MR) is 75.9 cm³/mol. The Morgan fingerprint density at radius 1 is 1.16 bits per heavy atom. The third-order valence-corrected chi connectivity index (χ3v) is 2.92. The average Bonchev–Trinajstić information content (AvgIpc) is 2.99. The van der Waals surface area contributed by atoms with Gasteiger partial charge >= 0.3 is 0 Å². The Kier molecular flexibility index (Phi) is 2.94. The van der Waals surface area contributed by atoms with Crippen LogP contribution in [0, 0.1) is 0 Å². The van der Waals surface area contributed by atoms with E-state index in [-0.39, 0.29) is 5.78 Å². The van der Waals surface area contributed by atoms with Crippen molar-refractivity contribution in [1.29, 1.82) is 0 Å². The van der Waals surface area contributed by atoms with E-state index in [1.807, 2.05) is 42.5 Å². The van der Waals surface area contributed by atoms with Gasteiger partial charge in [-0.2, -0.15) is 0 Å². The third kappa shape index (κ3) is 2.45. The zero-order valence-corrected chi connectivity index (χ0v) is 10.2. The highest BCUT2D eigenvalue weighted by Gasteiger charge is 2.01. The van der Waals surface area contributed by atoms with Crippen molar-refractivity contribution in [2.24, 2.45) is 0 Å². The van der Waals surface area contributed by atoms with Gasteiger partial charge in [0.05, 0.1) is 11.2 Å². The van der Waals surface area contributed by atoms with Crippen molar-refractivity contribution < 1.29 is 4.79 Å². The molecule has 19 heavy (non-hydrogen) atoms. The average molecular weight is 248 g/mol. The summed E-state index contributed by atoms with van der Waals surface area (Å²) in [5, 5.41) is 1.07. The lowest BCUT2D eigenvalue weighted by Crippen LogP contribution is -1.93. The van der Waals surface area contributed by atoms with Gasteiger partial charge in [-0.15, -0.1) is 0 Å². The number of aromatic amines is 1. The molecule has 0 unspecified atom stereocenters. The minimum Gasteiger partial charge on any atom is -0.359 e. The number of hydrogen-bond acceptors (Lipinski definition) is 2. The van der Waals surface area contributed by atoms with Crippen LogP contribution in [-0.4, -0.2) is 15.8 Å². The van der Waals surface area contributed by atoms with Crippen LogP contribution < -0.4 is 0 Å². The highest BCUT2D eigenvalue weighted by atomic mass is 16.1. The molecule has 0 aliphatic carbocycles. The van der Waals surface area contributed by atoms with Gasteiger partial charge in [0.15, 0.2) is 0 Å². The van der Waals surface area contributed by atoms with E-state index in [0.717, 1.165) is 16.5 Å². The maximum absolute atomic E-state index is 11.8. The molecule has 0 amide bonds. The van der Waals surface area contributed by atoms with Crippen LogP contribution in [-0.2, 0) is 0 Å². The van der Waals surface area contributed by atoms with Crippen LogP contribution in [0.15, 0.2) is 60.9 Å². The lowest BCUT2D eigenvalue weighted by molar-refractivity contribution is 0.104. The lowest BCUT2D eigenvalue weighted by Gasteiger charge is -1.98. The molecule has 2 heterocycles. The normalized spacial score (nSPS) is 11.2. The Bertz CT molecular complexity index is 742. The molecule has 3 nitrogen and oxygen atoms in total. The van der Waals surface area contributed by atoms with Gasteiger partial charge in [0.1, 0.15) is 0 Å². The molecule has 3 rings (SSSR count). The van der Waals surface area contributed by atoms with E-state index in [0.29, 0.717) is 5.69 Å². The van der Waals surface area contributed by atoms with Crippen molar-refractivity contribution in [1.82, 2.24) is 9.97 Å². The highest BCUT2D eigenvalue weighted by Crippen LogP contribution is 2.14. The number of carbonyl (C=O) groups excluding carboxylic acids is 1. The second kappa shape index (κ2) is 4.90. The molecule has 92 valence electrons. The molecular formula is C16H12N2O. The number of benzene rings is 1. The second-order valence-electron chi connectivity index (χ2n) is 4.24. The number of aromatic nitrogens is 2. The Balaban J connectivity index is 1.87. The van der Waals surface area contributed by atoms with Crippen molar-refractivity contribution >= 4 is 22.8 Å². The van der Waals surface area contributed by atoms with Gasteiger partial charge in [-0.25, -0.2) is 0 Å². The van der Waals surface area contributed by atoms with E-state index >= 15 is 0 Å². The second-order valence-corrected chi connectivity index (χ2v) is 4.24. The van der Waals surface area contributed by atoms with Gasteiger partial charge in [0.25, 0.3) is 0 Å². The summed E-state index contributed by atoms with van der Waals surface area (Å²) in [5.41, 5.74) is 2.54. The van der Waals surface area contributed by atoms with Crippen molar-refractivity contribution in [2.45, 2.75) is 0 Å². The van der Waals surface area contributed by atoms with Crippen LogP contribution in [0.5, 0.6) is 0 Å². The van der Waals surface area contributed by atoms with E-state index in [2.05, 4.69) is 9.97 Å². The van der Waals surface area contributed by atoms with Crippen LogP contribution in [0.4, 0.5) is 0 Å². The lowest BCUT2D eigenvalue weighted by atomic mass is 10.1. The number of pyridine rings is 1. The monoisotopic (exact) mass is 248 g/mol. The molecule has 0 saturated heterocycles. The Hall–Kier alpha value is -2.68. The van der Waals surface area contributed by atoms with E-state index in [1.54, 1.807) is 24.5 Å². The summed E-state index contributed by atoms with van der Waals surface area (Å²) in [5.74, 6) is -0.0312. The molecule has 0 saturated carbocycles. The summed E-state index contributed by atoms with van der Waals surface area (Å²) in [6.07, 6.45) is 6.90. The summed E-state index contributed by atoms with van der Waals surface area (Å²) >= 11 is 0. The minimum atomic E-state index is -0.0312. The van der Waals surface area contributed by atoms with Gasteiger partial charge in [0, 0.05) is 17.8 Å². The van der Waals surface area contributed by atoms with Crippen LogP contribution in [0.25, 0.3) is 17.0 Å². The van der Waals surface area contributed by atoms with Gasteiger partial charge in [-0.1, -0.05) is 18.2 Å². The molecule has 2 aromatic heterocycles. The van der Waals surface area contributed by atoms with Gasteiger partial charge < -0.3 is 4.98 Å². The van der Waals surface area contributed by atoms with E-state index < -0.39 is 0 Å². The Morgan fingerprint density at radius 2 is 2.11 bits per heavy atom. The number of carbonyl (C=O) groups is 1. The van der Waals surface area contributed by atoms with Gasteiger partial charge in [0.2, 0.25) is 5.78 Å². The number of allylic oxidation sites excluding steroid dienone is 1. The van der Waals surface area contributed by atoms with Crippen molar-refractivity contribution in [3.8, 4) is 0 Å². The number of ketones is 1. The predicted octanol–water partition coefficient (Wildman–Crippen LogP) is 3.46. The molecule has 3 aromatic rings. The van der Waals surface area contributed by atoms with E-state index in [4.69, 9.17) is 0 Å². The Labute approximate surface area is 110 Å². The fraction of sp³-hybridized carbons (Fsp3) is 0. The topological polar surface area (TPSA) is 45.8 Å². The first-order chi connectivity index (χ1) is 9.33. The van der Waals surface area contributed by atoms with Crippen molar-refractivity contribution in [3.05, 3.63) is 72.2 Å². The maximum atomic E-state index is 11.8. The fourth-order valence-electron chi connectivity index (χ4n) is 1.94. The largest absolute Gasteiger partial charge is 0.359 e. The summed E-state index contributed by atoms with van der Waals surface area (Å²) in [4.78, 5) is 19.0. The summed E-state index contributed by atoms with van der Waals surface area (Å²) < 4.78 is 0. The molecule has 0 atom stereocenters. The number of H-pyrrole nitrogens is 1. The SMILES string of the molecule is O=C(/C=C\c1ccc2ncccc2c1)c1ccc[nH]1. The zero-order chi connectivity index (χ0) is 13.1. The molecule has 1 aromatic carbocycles. The van der Waals surface area contributed by atoms with Crippen molar-refractivity contribution in [2.75, 3.05) is 0 Å². The molecule has 0 spiro atoms. The molecule has 3 heteroatoms. The number of fused-ring (bicyclic) bond motifs is 1. The molecule has 0 fully saturated rings. The molecule has 0 aliphatic rings. The molecular weight excluding hydrogens is 236 g/mol. The van der Waals surface area contributed by atoms with Crippen LogP contribution in [0.1, 0.15) is 16.1 Å². The first kappa shape index (κ1) is 11.4. The Morgan fingerprint density at radius 3 is 2.95 bits per heavy atom. The molecule has 0 bridgehead atoms.